The molecule has 0 atom stereocenters. The minimum atomic E-state index is -3.49. The number of halogens is 1. The minimum Gasteiger partial charge on any atom is -0.324 e. The van der Waals surface area contributed by atoms with E-state index in [1.807, 2.05) is 0 Å². The number of anilines is 1. The van der Waals surface area contributed by atoms with E-state index in [0.717, 1.165) is 24.8 Å². The second-order valence-corrected chi connectivity index (χ2v) is 9.90. The molecule has 2 aromatic carbocycles. The molecule has 0 aliphatic carbocycles. The summed E-state index contributed by atoms with van der Waals surface area (Å²) in [7, 11) is -3.49. The lowest BCUT2D eigenvalue weighted by atomic mass is 10.1. The van der Waals surface area contributed by atoms with E-state index in [1.165, 1.54) is 27.2 Å². The van der Waals surface area contributed by atoms with Gasteiger partial charge >= 0.3 is 0 Å². The monoisotopic (exact) mass is 472 g/mol. The summed E-state index contributed by atoms with van der Waals surface area (Å²) in [5.41, 5.74) is 1.39. The largest absolute Gasteiger partial charge is 0.324 e. The van der Waals surface area contributed by atoms with Gasteiger partial charge in [0.1, 0.15) is 5.82 Å². The Balaban J connectivity index is 1.37. The fourth-order valence-electron chi connectivity index (χ4n) is 3.76. The number of piperidine rings is 1. The molecule has 1 fully saturated rings. The quantitative estimate of drug-likeness (QED) is 0.566. The summed E-state index contributed by atoms with van der Waals surface area (Å²) in [6, 6.07) is 10.8. The van der Waals surface area contributed by atoms with Crippen LogP contribution in [-0.2, 0) is 21.2 Å². The van der Waals surface area contributed by atoms with Crippen LogP contribution in [-0.4, -0.2) is 51.9 Å². The van der Waals surface area contributed by atoms with Crippen molar-refractivity contribution in [3.05, 3.63) is 59.7 Å². The molecule has 174 valence electrons. The molecule has 1 N–H and O–H groups in total. The average molecular weight is 473 g/mol. The van der Waals surface area contributed by atoms with Gasteiger partial charge in [0.15, 0.2) is 5.82 Å². The molecular weight excluding hydrogens is 447 g/mol. The lowest BCUT2D eigenvalue weighted by molar-refractivity contribution is -0.116. The predicted octanol–water partition coefficient (Wildman–Crippen LogP) is 2.86. The van der Waals surface area contributed by atoms with Crippen LogP contribution in [0.5, 0.6) is 0 Å². The Labute approximate surface area is 191 Å². The van der Waals surface area contributed by atoms with Crippen molar-refractivity contribution in [2.24, 2.45) is 0 Å². The number of nitrogens with zero attached hydrogens (tertiary/aromatic N) is 5. The summed E-state index contributed by atoms with van der Waals surface area (Å²) < 4.78 is 42.7. The number of carbonyl (C=O) groups is 1. The van der Waals surface area contributed by atoms with Crippen molar-refractivity contribution >= 4 is 21.6 Å². The highest BCUT2D eigenvalue weighted by Gasteiger charge is 2.25. The summed E-state index contributed by atoms with van der Waals surface area (Å²) in [6.07, 6.45) is 3.32. The lowest BCUT2D eigenvalue weighted by Crippen LogP contribution is -2.35. The van der Waals surface area contributed by atoms with Gasteiger partial charge in [0, 0.05) is 19.5 Å². The fourth-order valence-corrected chi connectivity index (χ4v) is 5.28. The molecule has 0 saturated carbocycles. The number of hydrogen-bond donors (Lipinski definition) is 1. The topological polar surface area (TPSA) is 110 Å². The van der Waals surface area contributed by atoms with Gasteiger partial charge in [-0.2, -0.15) is 8.99 Å². The second-order valence-electron chi connectivity index (χ2n) is 7.96. The standard InChI is InChI=1S/C22H25FN6O3S/c1-16-25-26-27-29(16)18-8-11-20(23)21(15-18)24-22(30)12-7-17-5-9-19(10-6-17)33(31,32)28-13-3-2-4-14-28/h5-6,8-11,15H,2-4,7,12-14H2,1H3,(H,24,30). The first-order valence-corrected chi connectivity index (χ1v) is 12.2. The van der Waals surface area contributed by atoms with E-state index in [1.54, 1.807) is 31.2 Å². The average Bonchev–Trinajstić information content (AvgIpc) is 3.26. The van der Waals surface area contributed by atoms with Gasteiger partial charge in [-0.25, -0.2) is 12.8 Å². The van der Waals surface area contributed by atoms with E-state index >= 15 is 0 Å². The molecule has 0 spiro atoms. The Hall–Kier alpha value is -3.18. The zero-order valence-corrected chi connectivity index (χ0v) is 19.1. The first-order valence-electron chi connectivity index (χ1n) is 10.8. The van der Waals surface area contributed by atoms with Crippen LogP contribution in [0, 0.1) is 12.7 Å². The molecule has 1 aliphatic heterocycles. The first kappa shape index (κ1) is 23.0. The van der Waals surface area contributed by atoms with Gasteiger partial charge in [-0.1, -0.05) is 18.6 Å². The van der Waals surface area contributed by atoms with Gasteiger partial charge in [-0.15, -0.1) is 5.10 Å². The third kappa shape index (κ3) is 5.25. The van der Waals surface area contributed by atoms with Crippen LogP contribution in [0.25, 0.3) is 5.69 Å². The maximum Gasteiger partial charge on any atom is 0.243 e. The van der Waals surface area contributed by atoms with Crippen LogP contribution in [0.15, 0.2) is 47.4 Å². The fraction of sp³-hybridized carbons (Fsp3) is 0.364. The van der Waals surface area contributed by atoms with E-state index in [4.69, 9.17) is 0 Å². The number of amides is 1. The third-order valence-corrected chi connectivity index (χ3v) is 7.52. The predicted molar refractivity (Wildman–Crippen MR) is 120 cm³/mol. The van der Waals surface area contributed by atoms with Crippen LogP contribution >= 0.6 is 0 Å². The molecule has 0 radical (unpaired) electrons. The van der Waals surface area contributed by atoms with E-state index in [9.17, 15) is 17.6 Å². The van der Waals surface area contributed by atoms with E-state index in [0.29, 0.717) is 31.0 Å². The number of aromatic nitrogens is 4. The summed E-state index contributed by atoms with van der Waals surface area (Å²) in [5, 5.41) is 13.8. The van der Waals surface area contributed by atoms with E-state index in [2.05, 4.69) is 20.8 Å². The highest BCUT2D eigenvalue weighted by atomic mass is 32.2. The zero-order valence-electron chi connectivity index (χ0n) is 18.2. The molecule has 33 heavy (non-hydrogen) atoms. The minimum absolute atomic E-state index is 0.0374. The summed E-state index contributed by atoms with van der Waals surface area (Å²) in [5.74, 6) is -0.390. The molecular formula is C22H25FN6O3S. The Morgan fingerprint density at radius 3 is 2.48 bits per heavy atom. The van der Waals surface area contributed by atoms with Crippen molar-refractivity contribution in [1.29, 1.82) is 0 Å². The number of sulfonamides is 1. The van der Waals surface area contributed by atoms with Crippen molar-refractivity contribution in [1.82, 2.24) is 24.5 Å². The first-order chi connectivity index (χ1) is 15.8. The molecule has 9 nitrogen and oxygen atoms in total. The maximum absolute atomic E-state index is 14.2. The van der Waals surface area contributed by atoms with Crippen molar-refractivity contribution in [2.75, 3.05) is 18.4 Å². The van der Waals surface area contributed by atoms with Crippen LogP contribution in [0.2, 0.25) is 0 Å². The second kappa shape index (κ2) is 9.75. The van der Waals surface area contributed by atoms with Crippen LogP contribution in [0.3, 0.4) is 0 Å². The van der Waals surface area contributed by atoms with Gasteiger partial charge < -0.3 is 5.32 Å². The highest BCUT2D eigenvalue weighted by molar-refractivity contribution is 7.89. The molecule has 0 bridgehead atoms. The summed E-state index contributed by atoms with van der Waals surface area (Å²) >= 11 is 0. The van der Waals surface area contributed by atoms with Crippen molar-refractivity contribution in [2.45, 2.75) is 43.9 Å². The highest BCUT2D eigenvalue weighted by Crippen LogP contribution is 2.22. The number of hydrogen-bond acceptors (Lipinski definition) is 6. The lowest BCUT2D eigenvalue weighted by Gasteiger charge is -2.25. The van der Waals surface area contributed by atoms with Gasteiger partial charge in [-0.3, -0.25) is 4.79 Å². The third-order valence-electron chi connectivity index (χ3n) is 5.61. The molecule has 3 aromatic rings. The molecule has 1 aliphatic rings. The smallest absolute Gasteiger partial charge is 0.243 e. The molecule has 0 unspecified atom stereocenters. The molecule has 1 aromatic heterocycles. The van der Waals surface area contributed by atoms with Crippen molar-refractivity contribution < 1.29 is 17.6 Å². The van der Waals surface area contributed by atoms with Gasteiger partial charge in [0.25, 0.3) is 0 Å². The molecule has 2 heterocycles. The molecule has 1 saturated heterocycles. The summed E-state index contributed by atoms with van der Waals surface area (Å²) in [4.78, 5) is 12.7. The SMILES string of the molecule is Cc1nnnn1-c1ccc(F)c(NC(=O)CCc2ccc(S(=O)(=O)N3CCCCC3)cc2)c1. The van der Waals surface area contributed by atoms with Crippen molar-refractivity contribution in [3.8, 4) is 5.69 Å². The van der Waals surface area contributed by atoms with Crippen LogP contribution in [0.4, 0.5) is 10.1 Å². The number of carbonyl (C=O) groups excluding carboxylic acids is 1. The van der Waals surface area contributed by atoms with E-state index < -0.39 is 15.8 Å². The normalized spacial score (nSPS) is 14.8. The Bertz CT molecular complexity index is 1240. The Morgan fingerprint density at radius 2 is 1.82 bits per heavy atom. The van der Waals surface area contributed by atoms with E-state index in [-0.39, 0.29) is 22.9 Å². The van der Waals surface area contributed by atoms with Crippen molar-refractivity contribution in [3.63, 3.8) is 0 Å². The molecule has 1 amide bonds. The maximum atomic E-state index is 14.2. The number of benzene rings is 2. The van der Waals surface area contributed by atoms with Gasteiger partial charge in [0.2, 0.25) is 15.9 Å². The summed E-state index contributed by atoms with van der Waals surface area (Å²) in [6.45, 7) is 2.81. The Morgan fingerprint density at radius 1 is 1.09 bits per heavy atom. The molecule has 11 heteroatoms. The number of tetrazole rings is 1. The molecule has 4 rings (SSSR count). The van der Waals surface area contributed by atoms with Gasteiger partial charge in [0.05, 0.1) is 16.3 Å². The van der Waals surface area contributed by atoms with Crippen LogP contribution < -0.4 is 5.32 Å². The number of rotatable bonds is 7. The number of aryl methyl sites for hydroxylation is 2. The number of nitrogens with one attached hydrogen (secondary N) is 1. The van der Waals surface area contributed by atoms with Gasteiger partial charge in [-0.05, 0) is 72.5 Å². The zero-order chi connectivity index (χ0) is 23.4. The Kier molecular flexibility index (Phi) is 6.80. The van der Waals surface area contributed by atoms with Crippen LogP contribution in [0.1, 0.15) is 37.1 Å².